The highest BCUT2D eigenvalue weighted by molar-refractivity contribution is 6.08. The Kier molecular flexibility index (Phi) is 3.57. The summed E-state index contributed by atoms with van der Waals surface area (Å²) >= 11 is 0. The van der Waals surface area contributed by atoms with E-state index in [9.17, 15) is 9.18 Å². The molecule has 1 heterocycles. The minimum atomic E-state index is -0.317. The van der Waals surface area contributed by atoms with Gasteiger partial charge in [0.1, 0.15) is 5.82 Å². The van der Waals surface area contributed by atoms with E-state index in [2.05, 4.69) is 4.90 Å². The van der Waals surface area contributed by atoms with Crippen LogP contribution in [0.5, 0.6) is 0 Å². The van der Waals surface area contributed by atoms with Gasteiger partial charge in [0.2, 0.25) is 0 Å². The van der Waals surface area contributed by atoms with E-state index >= 15 is 0 Å². The zero-order valence-electron chi connectivity index (χ0n) is 9.95. The van der Waals surface area contributed by atoms with Crippen LogP contribution < -0.4 is 0 Å². The van der Waals surface area contributed by atoms with Gasteiger partial charge in [-0.2, -0.15) is 0 Å². The van der Waals surface area contributed by atoms with E-state index in [0.29, 0.717) is 11.1 Å². The zero-order chi connectivity index (χ0) is 12.3. The van der Waals surface area contributed by atoms with Gasteiger partial charge in [-0.05, 0) is 44.0 Å². The van der Waals surface area contributed by atoms with Crippen molar-refractivity contribution >= 4 is 5.78 Å². The second-order valence-corrected chi connectivity index (χ2v) is 4.39. The molecule has 0 aliphatic carbocycles. The average Bonchev–Trinajstić information content (AvgIpc) is 2.82. The molecule has 0 saturated carbocycles. The van der Waals surface area contributed by atoms with E-state index < -0.39 is 0 Å². The molecule has 0 spiro atoms. The predicted molar refractivity (Wildman–Crippen MR) is 65.3 cm³/mol. The third-order valence-corrected chi connectivity index (χ3v) is 2.98. The molecule has 1 aliphatic rings. The fourth-order valence-corrected chi connectivity index (χ4v) is 2.03. The lowest BCUT2D eigenvalue weighted by atomic mass is 10.1. The van der Waals surface area contributed by atoms with Crippen molar-refractivity contribution < 1.29 is 9.18 Å². The molecular formula is C14H16FNO. The summed E-state index contributed by atoms with van der Waals surface area (Å²) in [6, 6.07) is 5.69. The molecule has 1 aromatic carbocycles. The lowest BCUT2D eigenvalue weighted by Gasteiger charge is -2.12. The van der Waals surface area contributed by atoms with E-state index in [1.165, 1.54) is 37.1 Å². The Morgan fingerprint density at radius 1 is 1.24 bits per heavy atom. The number of ketones is 1. The Hall–Kier alpha value is -1.64. The normalized spacial score (nSPS) is 16.4. The first-order valence-electron chi connectivity index (χ1n) is 5.89. The number of Topliss-reactive ketones (excluding diaryl/α,β-unsaturated/α-hetero) is 1. The molecule has 2 nitrogen and oxygen atoms in total. The fraction of sp³-hybridized carbons (Fsp3) is 0.357. The van der Waals surface area contributed by atoms with Gasteiger partial charge in [-0.3, -0.25) is 4.79 Å². The van der Waals surface area contributed by atoms with Crippen molar-refractivity contribution in [1.82, 2.24) is 4.90 Å². The second-order valence-electron chi connectivity index (χ2n) is 4.39. The van der Waals surface area contributed by atoms with Crippen molar-refractivity contribution in [2.24, 2.45) is 0 Å². The first kappa shape index (κ1) is 11.8. The molecule has 0 amide bonds. The fourth-order valence-electron chi connectivity index (χ4n) is 2.03. The van der Waals surface area contributed by atoms with Gasteiger partial charge < -0.3 is 4.90 Å². The topological polar surface area (TPSA) is 20.3 Å². The number of allylic oxidation sites excluding steroid dienone is 1. The van der Waals surface area contributed by atoms with E-state index in [1.54, 1.807) is 0 Å². The standard InChI is InChI=1S/C14H16FNO/c1-11(10-16-8-2-3-9-16)14(17)12-4-6-13(15)7-5-12/h4-7,10H,2-3,8-9H2,1H3/b11-10+. The number of hydrogen-bond acceptors (Lipinski definition) is 2. The molecule has 0 radical (unpaired) electrons. The molecule has 1 saturated heterocycles. The van der Waals surface area contributed by atoms with Crippen molar-refractivity contribution in [1.29, 1.82) is 0 Å². The SMILES string of the molecule is C/C(=C\N1CCCC1)C(=O)c1ccc(F)cc1. The Morgan fingerprint density at radius 3 is 2.41 bits per heavy atom. The van der Waals surface area contributed by atoms with Gasteiger partial charge in [-0.1, -0.05) is 0 Å². The summed E-state index contributed by atoms with van der Waals surface area (Å²) in [6.45, 7) is 3.85. The second kappa shape index (κ2) is 5.13. The van der Waals surface area contributed by atoms with Gasteiger partial charge in [0.15, 0.2) is 5.78 Å². The van der Waals surface area contributed by atoms with Crippen LogP contribution >= 0.6 is 0 Å². The molecule has 0 atom stereocenters. The van der Waals surface area contributed by atoms with Crippen LogP contribution in [0.2, 0.25) is 0 Å². The molecule has 1 aliphatic heterocycles. The van der Waals surface area contributed by atoms with Crippen molar-refractivity contribution in [2.45, 2.75) is 19.8 Å². The third kappa shape index (κ3) is 2.93. The van der Waals surface area contributed by atoms with Gasteiger partial charge in [0.05, 0.1) is 0 Å². The molecule has 0 unspecified atom stereocenters. The maximum Gasteiger partial charge on any atom is 0.190 e. The molecular weight excluding hydrogens is 217 g/mol. The molecule has 0 aromatic heterocycles. The Balaban J connectivity index is 2.10. The van der Waals surface area contributed by atoms with E-state index in [1.807, 2.05) is 13.1 Å². The monoisotopic (exact) mass is 233 g/mol. The maximum absolute atomic E-state index is 12.7. The molecule has 3 heteroatoms. The van der Waals surface area contributed by atoms with Crippen molar-refractivity contribution in [3.63, 3.8) is 0 Å². The largest absolute Gasteiger partial charge is 0.377 e. The summed E-state index contributed by atoms with van der Waals surface area (Å²) in [4.78, 5) is 14.2. The van der Waals surface area contributed by atoms with Gasteiger partial charge >= 0.3 is 0 Å². The highest BCUT2D eigenvalue weighted by atomic mass is 19.1. The maximum atomic E-state index is 12.7. The molecule has 2 rings (SSSR count). The van der Waals surface area contributed by atoms with Gasteiger partial charge in [0, 0.05) is 30.4 Å². The summed E-state index contributed by atoms with van der Waals surface area (Å²) in [5, 5.41) is 0. The summed E-state index contributed by atoms with van der Waals surface area (Å²) in [5.74, 6) is -0.348. The van der Waals surface area contributed by atoms with Crippen LogP contribution in [0, 0.1) is 5.82 Å². The van der Waals surface area contributed by atoms with Crippen molar-refractivity contribution in [2.75, 3.05) is 13.1 Å². The minimum Gasteiger partial charge on any atom is -0.377 e. The minimum absolute atomic E-state index is 0.0306. The Labute approximate surface area is 101 Å². The van der Waals surface area contributed by atoms with E-state index in [0.717, 1.165) is 13.1 Å². The number of carbonyl (C=O) groups excluding carboxylic acids is 1. The Morgan fingerprint density at radius 2 is 1.82 bits per heavy atom. The van der Waals surface area contributed by atoms with Crippen LogP contribution in [-0.2, 0) is 0 Å². The quantitative estimate of drug-likeness (QED) is 0.591. The number of halogens is 1. The van der Waals surface area contributed by atoms with Gasteiger partial charge in [-0.15, -0.1) is 0 Å². The first-order chi connectivity index (χ1) is 8.16. The number of nitrogens with zero attached hydrogens (tertiary/aromatic N) is 1. The van der Waals surface area contributed by atoms with Crippen LogP contribution in [0.15, 0.2) is 36.0 Å². The van der Waals surface area contributed by atoms with E-state index in [4.69, 9.17) is 0 Å². The summed E-state index contributed by atoms with van der Waals surface area (Å²) < 4.78 is 12.7. The highest BCUT2D eigenvalue weighted by Gasteiger charge is 2.12. The Bertz CT molecular complexity index is 430. The van der Waals surface area contributed by atoms with Crippen LogP contribution in [0.1, 0.15) is 30.1 Å². The lowest BCUT2D eigenvalue weighted by molar-refractivity contribution is 0.103. The average molecular weight is 233 g/mol. The lowest BCUT2D eigenvalue weighted by Crippen LogP contribution is -2.13. The highest BCUT2D eigenvalue weighted by Crippen LogP contribution is 2.13. The predicted octanol–water partition coefficient (Wildman–Crippen LogP) is 3.01. The smallest absolute Gasteiger partial charge is 0.190 e. The van der Waals surface area contributed by atoms with Crippen LogP contribution in [0.25, 0.3) is 0 Å². The number of benzene rings is 1. The number of carbonyl (C=O) groups is 1. The number of hydrogen-bond donors (Lipinski definition) is 0. The molecule has 1 fully saturated rings. The van der Waals surface area contributed by atoms with Crippen LogP contribution in [-0.4, -0.2) is 23.8 Å². The van der Waals surface area contributed by atoms with Crippen LogP contribution in [0.3, 0.4) is 0 Å². The first-order valence-corrected chi connectivity index (χ1v) is 5.89. The van der Waals surface area contributed by atoms with Crippen molar-refractivity contribution in [3.05, 3.63) is 47.4 Å². The summed E-state index contributed by atoms with van der Waals surface area (Å²) in [7, 11) is 0. The molecule has 1 aromatic rings. The summed E-state index contributed by atoms with van der Waals surface area (Å²) in [5.41, 5.74) is 1.25. The zero-order valence-corrected chi connectivity index (χ0v) is 9.95. The number of rotatable bonds is 3. The molecule has 17 heavy (non-hydrogen) atoms. The molecule has 0 N–H and O–H groups in total. The van der Waals surface area contributed by atoms with Crippen molar-refractivity contribution in [3.8, 4) is 0 Å². The van der Waals surface area contributed by atoms with Gasteiger partial charge in [-0.25, -0.2) is 4.39 Å². The molecule has 0 bridgehead atoms. The third-order valence-electron chi connectivity index (χ3n) is 2.98. The van der Waals surface area contributed by atoms with E-state index in [-0.39, 0.29) is 11.6 Å². The number of likely N-dealkylation sites (tertiary alicyclic amines) is 1. The molecule has 90 valence electrons. The van der Waals surface area contributed by atoms with Gasteiger partial charge in [0.25, 0.3) is 0 Å². The van der Waals surface area contributed by atoms with Crippen LogP contribution in [0.4, 0.5) is 4.39 Å². The summed E-state index contributed by atoms with van der Waals surface area (Å²) in [6.07, 6.45) is 4.29.